The molecular formula is C21H23N3O6S. The van der Waals surface area contributed by atoms with Gasteiger partial charge in [-0.15, -0.1) is 0 Å². The van der Waals surface area contributed by atoms with Crippen LogP contribution in [0, 0.1) is 0 Å². The lowest BCUT2D eigenvalue weighted by molar-refractivity contribution is -0.116. The number of anilines is 1. The molecule has 1 N–H and O–H groups in total. The summed E-state index contributed by atoms with van der Waals surface area (Å²) >= 11 is 0. The van der Waals surface area contributed by atoms with Gasteiger partial charge in [0, 0.05) is 31.0 Å². The predicted octanol–water partition coefficient (Wildman–Crippen LogP) is 2.24. The minimum Gasteiger partial charge on any atom is -0.493 e. The van der Waals surface area contributed by atoms with Crippen molar-refractivity contribution in [2.24, 2.45) is 0 Å². The molecule has 0 spiro atoms. The van der Waals surface area contributed by atoms with Gasteiger partial charge in [-0.25, -0.2) is 13.4 Å². The number of hydrogen-bond donors (Lipinski definition) is 1. The second-order valence-electron chi connectivity index (χ2n) is 6.92. The minimum absolute atomic E-state index is 0.183. The zero-order valence-corrected chi connectivity index (χ0v) is 18.2. The second-order valence-corrected chi connectivity index (χ2v) is 8.93. The van der Waals surface area contributed by atoms with Crippen molar-refractivity contribution in [3.05, 3.63) is 53.1 Å². The molecule has 0 unspecified atom stereocenters. The number of nitrogens with one attached hydrogen (secondary N) is 1. The second kappa shape index (κ2) is 9.17. The number of rotatable bonds is 8. The summed E-state index contributed by atoms with van der Waals surface area (Å²) in [5.74, 6) is 0.689. The van der Waals surface area contributed by atoms with E-state index in [9.17, 15) is 18.0 Å². The average molecular weight is 445 g/mol. The number of fused-ring (bicyclic) bond motifs is 1. The van der Waals surface area contributed by atoms with Gasteiger partial charge in [0.05, 0.1) is 36.3 Å². The van der Waals surface area contributed by atoms with Crippen molar-refractivity contribution in [1.29, 1.82) is 0 Å². The summed E-state index contributed by atoms with van der Waals surface area (Å²) in [5, 5.41) is 3.11. The molecule has 0 aliphatic heterocycles. The summed E-state index contributed by atoms with van der Waals surface area (Å²) in [7, 11) is -0.285. The van der Waals surface area contributed by atoms with Crippen LogP contribution in [-0.4, -0.2) is 44.4 Å². The van der Waals surface area contributed by atoms with Gasteiger partial charge in [0.2, 0.25) is 5.91 Å². The van der Waals surface area contributed by atoms with Crippen molar-refractivity contribution >= 4 is 32.3 Å². The molecule has 10 heteroatoms. The molecule has 0 radical (unpaired) electrons. The summed E-state index contributed by atoms with van der Waals surface area (Å²) in [5.41, 5.74) is 0.764. The van der Waals surface area contributed by atoms with Gasteiger partial charge in [-0.3, -0.25) is 14.2 Å². The molecule has 2 aromatic carbocycles. The van der Waals surface area contributed by atoms with Crippen molar-refractivity contribution in [1.82, 2.24) is 9.55 Å². The van der Waals surface area contributed by atoms with E-state index in [1.165, 1.54) is 49.4 Å². The fraction of sp³-hybridized carbons (Fsp3) is 0.286. The summed E-state index contributed by atoms with van der Waals surface area (Å²) in [4.78, 5) is 29.4. The van der Waals surface area contributed by atoms with Gasteiger partial charge in [-0.2, -0.15) is 0 Å². The number of aryl methyl sites for hydroxylation is 1. The molecule has 0 bridgehead atoms. The van der Waals surface area contributed by atoms with Gasteiger partial charge >= 0.3 is 0 Å². The highest BCUT2D eigenvalue weighted by Crippen LogP contribution is 2.29. The zero-order valence-electron chi connectivity index (χ0n) is 17.4. The van der Waals surface area contributed by atoms with Crippen molar-refractivity contribution in [2.75, 3.05) is 25.8 Å². The Bertz CT molecular complexity index is 1270. The van der Waals surface area contributed by atoms with Gasteiger partial charge in [0.1, 0.15) is 0 Å². The Morgan fingerprint density at radius 1 is 1.10 bits per heavy atom. The Kier molecular flexibility index (Phi) is 6.59. The number of sulfone groups is 1. The average Bonchev–Trinajstić information content (AvgIpc) is 2.74. The Balaban J connectivity index is 1.64. The molecule has 0 saturated heterocycles. The normalized spacial score (nSPS) is 11.3. The van der Waals surface area contributed by atoms with Gasteiger partial charge in [0.25, 0.3) is 5.56 Å². The van der Waals surface area contributed by atoms with Crippen LogP contribution in [0.15, 0.2) is 52.4 Å². The van der Waals surface area contributed by atoms with Crippen LogP contribution < -0.4 is 20.3 Å². The number of benzene rings is 2. The number of carbonyl (C=O) groups excluding carboxylic acids is 1. The molecular weight excluding hydrogens is 422 g/mol. The van der Waals surface area contributed by atoms with Crippen LogP contribution in [0.5, 0.6) is 11.5 Å². The van der Waals surface area contributed by atoms with E-state index in [0.717, 1.165) is 6.26 Å². The van der Waals surface area contributed by atoms with Crippen LogP contribution in [0.2, 0.25) is 0 Å². The first-order valence-electron chi connectivity index (χ1n) is 9.44. The van der Waals surface area contributed by atoms with Crippen molar-refractivity contribution < 1.29 is 22.7 Å². The lowest BCUT2D eigenvalue weighted by Gasteiger charge is -2.11. The lowest BCUT2D eigenvalue weighted by atomic mass is 10.2. The molecule has 0 atom stereocenters. The van der Waals surface area contributed by atoms with Crippen LogP contribution in [0.25, 0.3) is 10.9 Å². The van der Waals surface area contributed by atoms with Crippen LogP contribution in [-0.2, 0) is 21.2 Å². The Morgan fingerprint density at radius 2 is 1.74 bits per heavy atom. The fourth-order valence-corrected chi connectivity index (χ4v) is 3.69. The molecule has 9 nitrogen and oxygen atoms in total. The molecule has 3 rings (SSSR count). The van der Waals surface area contributed by atoms with E-state index in [2.05, 4.69) is 10.3 Å². The number of carbonyl (C=O) groups is 1. The van der Waals surface area contributed by atoms with Gasteiger partial charge in [-0.1, -0.05) is 0 Å². The highest BCUT2D eigenvalue weighted by molar-refractivity contribution is 7.90. The molecule has 0 aliphatic rings. The molecule has 1 aromatic heterocycles. The van der Waals surface area contributed by atoms with E-state index in [4.69, 9.17) is 9.47 Å². The predicted molar refractivity (Wildman–Crippen MR) is 117 cm³/mol. The SMILES string of the molecule is COc1cc2ncn(CCCC(=O)Nc3ccc(S(C)(=O)=O)cc3)c(=O)c2cc1OC. The van der Waals surface area contributed by atoms with Crippen molar-refractivity contribution in [3.63, 3.8) is 0 Å². The van der Waals surface area contributed by atoms with E-state index in [0.29, 0.717) is 41.1 Å². The smallest absolute Gasteiger partial charge is 0.261 e. The highest BCUT2D eigenvalue weighted by Gasteiger charge is 2.12. The van der Waals surface area contributed by atoms with Crippen LogP contribution in [0.3, 0.4) is 0 Å². The summed E-state index contributed by atoms with van der Waals surface area (Å²) in [6.07, 6.45) is 3.17. The van der Waals surface area contributed by atoms with E-state index in [-0.39, 0.29) is 22.8 Å². The molecule has 1 heterocycles. The van der Waals surface area contributed by atoms with Crippen LogP contribution in [0.4, 0.5) is 5.69 Å². The van der Waals surface area contributed by atoms with Crippen molar-refractivity contribution in [3.8, 4) is 11.5 Å². The quantitative estimate of drug-likeness (QED) is 0.565. The maximum atomic E-state index is 12.8. The largest absolute Gasteiger partial charge is 0.493 e. The monoisotopic (exact) mass is 445 g/mol. The molecule has 0 fully saturated rings. The van der Waals surface area contributed by atoms with Gasteiger partial charge in [0.15, 0.2) is 21.3 Å². The zero-order chi connectivity index (χ0) is 22.6. The third kappa shape index (κ3) is 5.21. The van der Waals surface area contributed by atoms with Crippen LogP contribution >= 0.6 is 0 Å². The molecule has 0 saturated carbocycles. The topological polar surface area (TPSA) is 117 Å². The Morgan fingerprint density at radius 3 is 2.35 bits per heavy atom. The minimum atomic E-state index is -3.29. The van der Waals surface area contributed by atoms with Gasteiger partial charge < -0.3 is 14.8 Å². The highest BCUT2D eigenvalue weighted by atomic mass is 32.2. The number of nitrogens with zero attached hydrogens (tertiary/aromatic N) is 2. The number of amides is 1. The number of ether oxygens (including phenoxy) is 2. The third-order valence-corrected chi connectivity index (χ3v) is 5.83. The number of hydrogen-bond acceptors (Lipinski definition) is 7. The first kappa shape index (κ1) is 22.3. The molecule has 0 aliphatic carbocycles. The molecule has 1 amide bonds. The Hall–Kier alpha value is -3.40. The molecule has 3 aromatic rings. The molecule has 164 valence electrons. The van der Waals surface area contributed by atoms with Crippen LogP contribution in [0.1, 0.15) is 12.8 Å². The number of aromatic nitrogens is 2. The third-order valence-electron chi connectivity index (χ3n) is 4.70. The summed E-state index contributed by atoms with van der Waals surface area (Å²) in [6.45, 7) is 0.316. The van der Waals surface area contributed by atoms with E-state index in [1.54, 1.807) is 12.1 Å². The standard InChI is InChI=1S/C21H23N3O6S/c1-29-18-11-16-17(12-19(18)30-2)22-13-24(21(16)26)10-4-5-20(25)23-14-6-8-15(9-7-14)31(3,27)28/h6-9,11-13H,4-5,10H2,1-3H3,(H,23,25). The van der Waals surface area contributed by atoms with Gasteiger partial charge in [-0.05, 0) is 36.8 Å². The summed E-state index contributed by atoms with van der Waals surface area (Å²) in [6, 6.07) is 9.18. The molecule has 31 heavy (non-hydrogen) atoms. The first-order chi connectivity index (χ1) is 14.7. The lowest BCUT2D eigenvalue weighted by Crippen LogP contribution is -2.22. The van der Waals surface area contributed by atoms with E-state index >= 15 is 0 Å². The van der Waals surface area contributed by atoms with E-state index in [1.807, 2.05) is 0 Å². The van der Waals surface area contributed by atoms with Crippen molar-refractivity contribution in [2.45, 2.75) is 24.3 Å². The maximum absolute atomic E-state index is 12.8. The number of methoxy groups -OCH3 is 2. The maximum Gasteiger partial charge on any atom is 0.261 e. The van der Waals surface area contributed by atoms with E-state index < -0.39 is 9.84 Å². The fourth-order valence-electron chi connectivity index (χ4n) is 3.06. The Labute approximate surface area is 179 Å². The first-order valence-corrected chi connectivity index (χ1v) is 11.3. The summed E-state index contributed by atoms with van der Waals surface area (Å²) < 4.78 is 34.9.